The maximum Gasteiger partial charge on any atom is 0.416 e. The second-order valence-electron chi connectivity index (χ2n) is 9.72. The maximum absolute atomic E-state index is 13.1. The Bertz CT molecular complexity index is 707. The summed E-state index contributed by atoms with van der Waals surface area (Å²) in [6.45, 7) is 12.8. The van der Waals surface area contributed by atoms with Crippen LogP contribution < -0.4 is 4.90 Å². The van der Waals surface area contributed by atoms with Crippen LogP contribution in [0.3, 0.4) is 0 Å². The highest BCUT2D eigenvalue weighted by molar-refractivity contribution is 5.49. The fourth-order valence-corrected chi connectivity index (χ4v) is 5.60. The predicted molar refractivity (Wildman–Crippen MR) is 120 cm³/mol. The van der Waals surface area contributed by atoms with Crippen molar-refractivity contribution in [3.05, 3.63) is 29.8 Å². The van der Waals surface area contributed by atoms with Crippen LogP contribution in [0.15, 0.2) is 24.3 Å². The van der Waals surface area contributed by atoms with Crippen molar-refractivity contribution >= 4 is 5.69 Å². The van der Waals surface area contributed by atoms with E-state index in [4.69, 9.17) is 0 Å². The number of piperidine rings is 2. The third kappa shape index (κ3) is 5.55. The molecule has 0 aliphatic carbocycles. The van der Waals surface area contributed by atoms with Gasteiger partial charge < -0.3 is 9.80 Å². The second-order valence-corrected chi connectivity index (χ2v) is 9.72. The summed E-state index contributed by atoms with van der Waals surface area (Å²) in [7, 11) is 0. The Morgan fingerprint density at radius 1 is 0.839 bits per heavy atom. The van der Waals surface area contributed by atoms with Crippen LogP contribution in [0, 0.1) is 0 Å². The zero-order chi connectivity index (χ0) is 22.0. The van der Waals surface area contributed by atoms with Gasteiger partial charge in [-0.15, -0.1) is 0 Å². The number of alkyl halides is 3. The molecule has 3 heterocycles. The zero-order valence-corrected chi connectivity index (χ0v) is 18.9. The Labute approximate surface area is 185 Å². The van der Waals surface area contributed by atoms with E-state index >= 15 is 0 Å². The monoisotopic (exact) mass is 438 g/mol. The average molecular weight is 439 g/mol. The number of anilines is 1. The third-order valence-electron chi connectivity index (χ3n) is 7.54. The molecule has 174 valence electrons. The number of halogens is 3. The third-order valence-corrected chi connectivity index (χ3v) is 7.54. The molecule has 4 rings (SSSR count). The van der Waals surface area contributed by atoms with Gasteiger partial charge in [0.1, 0.15) is 0 Å². The molecule has 0 spiro atoms. The number of hydrogen-bond donors (Lipinski definition) is 0. The van der Waals surface area contributed by atoms with E-state index in [0.29, 0.717) is 23.8 Å². The summed E-state index contributed by atoms with van der Waals surface area (Å²) in [4.78, 5) is 10.0. The lowest BCUT2D eigenvalue weighted by atomic mass is 9.96. The molecule has 1 atom stereocenters. The van der Waals surface area contributed by atoms with E-state index in [1.54, 1.807) is 6.07 Å². The van der Waals surface area contributed by atoms with Crippen LogP contribution in [0.4, 0.5) is 18.9 Å². The van der Waals surface area contributed by atoms with Crippen molar-refractivity contribution in [1.29, 1.82) is 0 Å². The van der Waals surface area contributed by atoms with E-state index in [-0.39, 0.29) is 0 Å². The Morgan fingerprint density at radius 3 is 2.19 bits per heavy atom. The van der Waals surface area contributed by atoms with Crippen molar-refractivity contribution < 1.29 is 13.2 Å². The molecule has 0 bridgehead atoms. The molecule has 0 amide bonds. The quantitative estimate of drug-likeness (QED) is 0.700. The first-order valence-electron chi connectivity index (χ1n) is 12.0. The summed E-state index contributed by atoms with van der Waals surface area (Å²) in [6, 6.07) is 7.71. The van der Waals surface area contributed by atoms with Crippen molar-refractivity contribution in [2.75, 3.05) is 57.3 Å². The van der Waals surface area contributed by atoms with Gasteiger partial charge in [0.25, 0.3) is 0 Å². The summed E-state index contributed by atoms with van der Waals surface area (Å²) < 4.78 is 39.2. The zero-order valence-electron chi connectivity index (χ0n) is 18.9. The number of piperazine rings is 1. The van der Waals surface area contributed by atoms with Crippen molar-refractivity contribution in [3.63, 3.8) is 0 Å². The second kappa shape index (κ2) is 9.67. The van der Waals surface area contributed by atoms with Gasteiger partial charge in [0.15, 0.2) is 0 Å². The molecule has 0 radical (unpaired) electrons. The SMILES string of the molecule is CC(C)N1CCC(N2CCC[C@H](N3CCN(c4cccc(C(F)(F)F)c4)CC3)C2)CC1. The van der Waals surface area contributed by atoms with E-state index < -0.39 is 11.7 Å². The minimum Gasteiger partial charge on any atom is -0.369 e. The van der Waals surface area contributed by atoms with Gasteiger partial charge in [-0.3, -0.25) is 9.80 Å². The Morgan fingerprint density at radius 2 is 1.55 bits per heavy atom. The van der Waals surface area contributed by atoms with Crippen LogP contribution in [0.5, 0.6) is 0 Å². The first-order chi connectivity index (χ1) is 14.8. The van der Waals surface area contributed by atoms with Gasteiger partial charge in [-0.1, -0.05) is 6.07 Å². The van der Waals surface area contributed by atoms with Crippen LogP contribution >= 0.6 is 0 Å². The molecule has 3 saturated heterocycles. The standard InChI is InChI=1S/C24H37F3N4/c1-19(2)28-11-8-21(9-12-28)31-10-4-7-23(18-31)30-15-13-29(14-16-30)22-6-3-5-20(17-22)24(25,26)27/h3,5-6,17,19,21,23H,4,7-16,18H2,1-2H3/t23-/m0/s1. The summed E-state index contributed by atoms with van der Waals surface area (Å²) in [5, 5.41) is 0. The molecule has 3 aliphatic rings. The molecule has 7 heteroatoms. The minimum atomic E-state index is -4.28. The lowest BCUT2D eigenvalue weighted by Gasteiger charge is -2.47. The fraction of sp³-hybridized carbons (Fsp3) is 0.750. The largest absolute Gasteiger partial charge is 0.416 e. The van der Waals surface area contributed by atoms with Gasteiger partial charge in [-0.2, -0.15) is 13.2 Å². The van der Waals surface area contributed by atoms with Gasteiger partial charge in [-0.25, -0.2) is 0 Å². The van der Waals surface area contributed by atoms with Crippen molar-refractivity contribution in [1.82, 2.24) is 14.7 Å². The van der Waals surface area contributed by atoms with E-state index in [1.807, 2.05) is 0 Å². The van der Waals surface area contributed by atoms with E-state index in [0.717, 1.165) is 38.8 Å². The smallest absolute Gasteiger partial charge is 0.369 e. The van der Waals surface area contributed by atoms with Crippen molar-refractivity contribution in [2.24, 2.45) is 0 Å². The number of hydrogen-bond acceptors (Lipinski definition) is 4. The molecule has 0 saturated carbocycles. The first kappa shape index (κ1) is 22.9. The highest BCUT2D eigenvalue weighted by Gasteiger charge is 2.34. The topological polar surface area (TPSA) is 13.0 Å². The highest BCUT2D eigenvalue weighted by Crippen LogP contribution is 2.32. The summed E-state index contributed by atoms with van der Waals surface area (Å²) in [5.74, 6) is 0. The molecule has 3 aliphatic heterocycles. The molecular formula is C24H37F3N4. The molecule has 1 aromatic rings. The van der Waals surface area contributed by atoms with E-state index in [9.17, 15) is 13.2 Å². The number of rotatable bonds is 4. The maximum atomic E-state index is 13.1. The lowest BCUT2D eigenvalue weighted by Crippen LogP contribution is -2.57. The molecule has 0 N–H and O–H groups in total. The van der Waals surface area contributed by atoms with Crippen molar-refractivity contribution in [3.8, 4) is 0 Å². The molecule has 0 aromatic heterocycles. The number of nitrogens with zero attached hydrogens (tertiary/aromatic N) is 4. The molecule has 1 aromatic carbocycles. The minimum absolute atomic E-state index is 0.557. The highest BCUT2D eigenvalue weighted by atomic mass is 19.4. The summed E-state index contributed by atoms with van der Waals surface area (Å²) >= 11 is 0. The van der Waals surface area contributed by atoms with Gasteiger partial charge in [0.2, 0.25) is 0 Å². The van der Waals surface area contributed by atoms with E-state index in [1.165, 1.54) is 57.5 Å². The Kier molecular flexibility index (Phi) is 7.14. The van der Waals surface area contributed by atoms with Crippen LogP contribution in [0.2, 0.25) is 0 Å². The molecular weight excluding hydrogens is 401 g/mol. The molecule has 0 unspecified atom stereocenters. The number of benzene rings is 1. The summed E-state index contributed by atoms with van der Waals surface area (Å²) in [6.07, 6.45) is 0.755. The van der Waals surface area contributed by atoms with Gasteiger partial charge in [0, 0.05) is 56.5 Å². The van der Waals surface area contributed by atoms with Crippen LogP contribution in [-0.4, -0.2) is 85.2 Å². The van der Waals surface area contributed by atoms with Crippen LogP contribution in [-0.2, 0) is 6.18 Å². The van der Waals surface area contributed by atoms with Crippen LogP contribution in [0.1, 0.15) is 45.1 Å². The average Bonchev–Trinajstić information content (AvgIpc) is 2.79. The first-order valence-corrected chi connectivity index (χ1v) is 12.0. The lowest BCUT2D eigenvalue weighted by molar-refractivity contribution is -0.137. The number of likely N-dealkylation sites (tertiary alicyclic amines) is 2. The van der Waals surface area contributed by atoms with Gasteiger partial charge in [0.05, 0.1) is 5.56 Å². The predicted octanol–water partition coefficient (Wildman–Crippen LogP) is 4.16. The fourth-order valence-electron chi connectivity index (χ4n) is 5.60. The normalized spacial score (nSPS) is 26.0. The Balaban J connectivity index is 1.29. The molecule has 31 heavy (non-hydrogen) atoms. The van der Waals surface area contributed by atoms with Gasteiger partial charge in [-0.05, 0) is 77.4 Å². The van der Waals surface area contributed by atoms with Gasteiger partial charge >= 0.3 is 6.18 Å². The summed E-state index contributed by atoms with van der Waals surface area (Å²) in [5.41, 5.74) is 0.135. The molecule has 3 fully saturated rings. The molecule has 4 nitrogen and oxygen atoms in total. The van der Waals surface area contributed by atoms with E-state index in [2.05, 4.69) is 33.4 Å². The Hall–Kier alpha value is -1.31. The van der Waals surface area contributed by atoms with Crippen molar-refractivity contribution in [2.45, 2.75) is 63.8 Å². The van der Waals surface area contributed by atoms with Crippen LogP contribution in [0.25, 0.3) is 0 Å².